The van der Waals surface area contributed by atoms with Crippen molar-refractivity contribution in [3.8, 4) is 23.2 Å². The Morgan fingerprint density at radius 2 is 1.69 bits per heavy atom. The molecule has 0 radical (unpaired) electrons. The first-order chi connectivity index (χ1) is 15.3. The maximum absolute atomic E-state index is 13.1. The second-order valence-corrected chi connectivity index (χ2v) is 8.62. The zero-order valence-corrected chi connectivity index (χ0v) is 18.6. The van der Waals surface area contributed by atoms with E-state index in [4.69, 9.17) is 0 Å². The summed E-state index contributed by atoms with van der Waals surface area (Å²) in [6, 6.07) is 14.9. The number of halogens is 3. The van der Waals surface area contributed by atoms with E-state index in [1.807, 2.05) is 56.3 Å². The molecule has 0 fully saturated rings. The second-order valence-electron chi connectivity index (χ2n) is 7.31. The van der Waals surface area contributed by atoms with E-state index < -0.39 is 11.9 Å². The normalized spacial score (nSPS) is 11.4. The molecule has 4 aromatic rings. The summed E-state index contributed by atoms with van der Waals surface area (Å²) in [5, 5.41) is 0. The van der Waals surface area contributed by atoms with Crippen molar-refractivity contribution >= 4 is 22.8 Å². The van der Waals surface area contributed by atoms with Crippen LogP contribution in [-0.4, -0.2) is 20.3 Å². The van der Waals surface area contributed by atoms with E-state index in [9.17, 15) is 13.2 Å². The Bertz CT molecular complexity index is 1340. The molecule has 0 saturated heterocycles. The third kappa shape index (κ3) is 4.51. The number of benzene rings is 2. The number of hydrogen-bond donors (Lipinski definition) is 0. The molecule has 3 nitrogen and oxygen atoms in total. The minimum absolute atomic E-state index is 0.264. The van der Waals surface area contributed by atoms with Crippen molar-refractivity contribution in [2.75, 3.05) is 5.75 Å². The number of thioether (sulfide) groups is 1. The van der Waals surface area contributed by atoms with Crippen molar-refractivity contribution in [3.63, 3.8) is 0 Å². The van der Waals surface area contributed by atoms with Gasteiger partial charge in [0.25, 0.3) is 0 Å². The largest absolute Gasteiger partial charge is 0.433 e. The van der Waals surface area contributed by atoms with Gasteiger partial charge in [0.1, 0.15) is 11.5 Å². The molecular weight excluding hydrogens is 431 g/mol. The van der Waals surface area contributed by atoms with E-state index in [1.165, 1.54) is 11.8 Å². The number of aromatic nitrogens is 3. The molecule has 0 spiro atoms. The summed E-state index contributed by atoms with van der Waals surface area (Å²) in [5.41, 5.74) is 3.70. The Kier molecular flexibility index (Phi) is 5.98. The molecule has 0 unspecified atom stereocenters. The van der Waals surface area contributed by atoms with Gasteiger partial charge in [-0.1, -0.05) is 36.5 Å². The van der Waals surface area contributed by atoms with Crippen molar-refractivity contribution in [1.82, 2.24) is 14.5 Å². The number of alkyl halides is 3. The summed E-state index contributed by atoms with van der Waals surface area (Å²) in [6.07, 6.45) is -3.28. The number of rotatable bonds is 3. The van der Waals surface area contributed by atoms with Crippen molar-refractivity contribution < 1.29 is 13.2 Å². The lowest BCUT2D eigenvalue weighted by Gasteiger charge is -2.09. The standard InChI is InChI=1S/C25H20F3N3S/c1-4-32-22-13-18(10-9-17-7-5-16(2)6-8-17)11-12-19(22)24-30-20-14-23(25(26,27)28)29-15-21(20)31(24)3/h5-8,11-15H,4H2,1-3H3. The molecule has 0 aliphatic rings. The lowest BCUT2D eigenvalue weighted by atomic mass is 10.1. The van der Waals surface area contributed by atoms with Crippen molar-refractivity contribution in [2.45, 2.75) is 24.9 Å². The van der Waals surface area contributed by atoms with Gasteiger partial charge in [-0.25, -0.2) is 9.97 Å². The first-order valence-corrected chi connectivity index (χ1v) is 11.0. The predicted octanol–water partition coefficient (Wildman–Crippen LogP) is 6.47. The summed E-state index contributed by atoms with van der Waals surface area (Å²) in [6.45, 7) is 4.08. The summed E-state index contributed by atoms with van der Waals surface area (Å²) in [7, 11) is 1.78. The van der Waals surface area contributed by atoms with Crippen LogP contribution in [0, 0.1) is 18.8 Å². The molecule has 0 saturated carbocycles. The fourth-order valence-corrected chi connectivity index (χ4v) is 4.16. The lowest BCUT2D eigenvalue weighted by Crippen LogP contribution is -2.07. The zero-order chi connectivity index (χ0) is 22.9. The highest BCUT2D eigenvalue weighted by atomic mass is 32.2. The fourth-order valence-electron chi connectivity index (χ4n) is 3.33. The van der Waals surface area contributed by atoms with Crippen LogP contribution in [-0.2, 0) is 13.2 Å². The van der Waals surface area contributed by atoms with Gasteiger partial charge in [-0.05, 0) is 49.1 Å². The maximum atomic E-state index is 13.1. The highest BCUT2D eigenvalue weighted by molar-refractivity contribution is 7.99. The first kappa shape index (κ1) is 22.0. The molecule has 0 atom stereocenters. The predicted molar refractivity (Wildman–Crippen MR) is 123 cm³/mol. The van der Waals surface area contributed by atoms with E-state index in [2.05, 4.69) is 21.8 Å². The molecule has 4 rings (SSSR count). The Morgan fingerprint density at radius 1 is 1.00 bits per heavy atom. The number of hydrogen-bond acceptors (Lipinski definition) is 3. The summed E-state index contributed by atoms with van der Waals surface area (Å²) in [4.78, 5) is 9.05. The van der Waals surface area contributed by atoms with Crippen LogP contribution in [0.2, 0.25) is 0 Å². The lowest BCUT2D eigenvalue weighted by molar-refractivity contribution is -0.141. The molecule has 0 bridgehead atoms. The monoisotopic (exact) mass is 451 g/mol. The topological polar surface area (TPSA) is 30.7 Å². The van der Waals surface area contributed by atoms with Crippen LogP contribution in [0.1, 0.15) is 29.3 Å². The minimum atomic E-state index is -4.51. The number of fused-ring (bicyclic) bond motifs is 1. The molecule has 0 aliphatic carbocycles. The van der Waals surface area contributed by atoms with Crippen LogP contribution in [0.3, 0.4) is 0 Å². The quantitative estimate of drug-likeness (QED) is 0.264. The van der Waals surface area contributed by atoms with E-state index in [1.54, 1.807) is 23.4 Å². The molecular formula is C25H20F3N3S. The molecule has 2 heterocycles. The van der Waals surface area contributed by atoms with Gasteiger partial charge < -0.3 is 4.57 Å². The van der Waals surface area contributed by atoms with Crippen LogP contribution in [0.4, 0.5) is 13.2 Å². The van der Waals surface area contributed by atoms with E-state index in [-0.39, 0.29) is 5.52 Å². The number of nitrogens with zero attached hydrogens (tertiary/aromatic N) is 3. The summed E-state index contributed by atoms with van der Waals surface area (Å²) in [5.74, 6) is 7.80. The molecule has 32 heavy (non-hydrogen) atoms. The molecule has 162 valence electrons. The van der Waals surface area contributed by atoms with E-state index in [0.29, 0.717) is 11.3 Å². The Balaban J connectivity index is 1.75. The van der Waals surface area contributed by atoms with Crippen LogP contribution >= 0.6 is 11.8 Å². The molecule has 2 aromatic heterocycles. The Morgan fingerprint density at radius 3 is 2.38 bits per heavy atom. The van der Waals surface area contributed by atoms with Gasteiger partial charge >= 0.3 is 6.18 Å². The van der Waals surface area contributed by atoms with Gasteiger partial charge in [-0.3, -0.25) is 0 Å². The highest BCUT2D eigenvalue weighted by Crippen LogP contribution is 2.35. The molecule has 0 aliphatic heterocycles. The molecule has 2 aromatic carbocycles. The first-order valence-electron chi connectivity index (χ1n) is 10.0. The van der Waals surface area contributed by atoms with Gasteiger partial charge in [0.15, 0.2) is 0 Å². The zero-order valence-electron chi connectivity index (χ0n) is 17.8. The van der Waals surface area contributed by atoms with E-state index >= 15 is 0 Å². The van der Waals surface area contributed by atoms with Gasteiger partial charge in [0.2, 0.25) is 0 Å². The fraction of sp³-hybridized carbons (Fsp3) is 0.200. The third-order valence-electron chi connectivity index (χ3n) is 4.98. The average molecular weight is 452 g/mol. The summed E-state index contributed by atoms with van der Waals surface area (Å²) < 4.78 is 40.9. The number of aryl methyl sites for hydroxylation is 2. The van der Waals surface area contributed by atoms with Crippen LogP contribution in [0.25, 0.3) is 22.4 Å². The third-order valence-corrected chi connectivity index (χ3v) is 5.92. The van der Waals surface area contributed by atoms with Crippen LogP contribution in [0.5, 0.6) is 0 Å². The average Bonchev–Trinajstić information content (AvgIpc) is 3.09. The second kappa shape index (κ2) is 8.71. The van der Waals surface area contributed by atoms with E-state index in [0.717, 1.165) is 33.4 Å². The number of pyridine rings is 1. The van der Waals surface area contributed by atoms with Crippen molar-refractivity contribution in [2.24, 2.45) is 7.05 Å². The number of imidazole rings is 1. The molecule has 7 heteroatoms. The Hall–Kier alpha value is -3.24. The Labute approximate surface area is 188 Å². The van der Waals surface area contributed by atoms with Gasteiger partial charge in [-0.15, -0.1) is 11.8 Å². The molecule has 0 amide bonds. The SMILES string of the molecule is CCSc1cc(C#Cc2ccc(C)cc2)ccc1-c1nc2cc(C(F)(F)F)ncc2n1C. The van der Waals surface area contributed by atoms with Gasteiger partial charge in [0, 0.05) is 28.6 Å². The van der Waals surface area contributed by atoms with Gasteiger partial charge in [0.05, 0.1) is 17.2 Å². The van der Waals surface area contributed by atoms with Crippen molar-refractivity contribution in [1.29, 1.82) is 0 Å². The van der Waals surface area contributed by atoms with Crippen LogP contribution in [0.15, 0.2) is 59.6 Å². The van der Waals surface area contributed by atoms with Crippen molar-refractivity contribution in [3.05, 3.63) is 77.1 Å². The summed E-state index contributed by atoms with van der Waals surface area (Å²) >= 11 is 1.64. The molecule has 0 N–H and O–H groups in total. The van der Waals surface area contributed by atoms with Crippen LogP contribution < -0.4 is 0 Å². The minimum Gasteiger partial charge on any atom is -0.326 e. The smallest absolute Gasteiger partial charge is 0.326 e. The van der Waals surface area contributed by atoms with Gasteiger partial charge in [-0.2, -0.15) is 13.2 Å². The highest BCUT2D eigenvalue weighted by Gasteiger charge is 2.33. The maximum Gasteiger partial charge on any atom is 0.433 e.